The monoisotopic (exact) mass is 251 g/mol. The fraction of sp³-hybridized carbons (Fsp3) is 0.818. The van der Waals surface area contributed by atoms with E-state index in [0.29, 0.717) is 0 Å². The van der Waals surface area contributed by atoms with Gasteiger partial charge in [0.05, 0.1) is 0 Å². The maximum atomic E-state index is 11.7. The molecule has 0 radical (unpaired) electrons. The number of ether oxygens (including phenoxy) is 1. The average Bonchev–Trinajstić information content (AvgIpc) is 2.57. The first-order chi connectivity index (χ1) is 8.33. The Kier molecular flexibility index (Phi) is 2.04. The van der Waals surface area contributed by atoms with Crippen LogP contribution >= 0.6 is 0 Å². The molecule has 2 N–H and O–H groups in total. The van der Waals surface area contributed by atoms with Crippen LogP contribution in [0.15, 0.2) is 0 Å². The summed E-state index contributed by atoms with van der Waals surface area (Å²) in [5.41, 5.74) is -0.506. The first kappa shape index (κ1) is 11.4. The molecule has 7 heteroatoms. The Bertz CT molecular complexity index is 456. The highest BCUT2D eigenvalue weighted by molar-refractivity contribution is 5.70. The summed E-state index contributed by atoms with van der Waals surface area (Å²) in [4.78, 5) is 11.7. The van der Waals surface area contributed by atoms with Gasteiger partial charge in [-0.05, 0) is 50.5 Å². The molecular weight excluding hydrogens is 234 g/mol. The van der Waals surface area contributed by atoms with Crippen LogP contribution in [0.4, 0.5) is 4.79 Å². The fourth-order valence-electron chi connectivity index (χ4n) is 3.08. The predicted octanol–water partition coefficient (Wildman–Crippen LogP) is 0.898. The Morgan fingerprint density at radius 2 is 2.06 bits per heavy atom. The van der Waals surface area contributed by atoms with E-state index >= 15 is 0 Å². The van der Waals surface area contributed by atoms with Gasteiger partial charge in [-0.25, -0.2) is 9.89 Å². The molecule has 0 saturated heterocycles. The molecule has 3 aliphatic rings. The Morgan fingerprint density at radius 1 is 1.39 bits per heavy atom. The van der Waals surface area contributed by atoms with Gasteiger partial charge < -0.3 is 10.1 Å². The molecule has 18 heavy (non-hydrogen) atoms. The van der Waals surface area contributed by atoms with Crippen LogP contribution in [0, 0.1) is 0 Å². The van der Waals surface area contributed by atoms with E-state index in [4.69, 9.17) is 4.74 Å². The van der Waals surface area contributed by atoms with Gasteiger partial charge in [0.1, 0.15) is 5.60 Å². The van der Waals surface area contributed by atoms with Crippen molar-refractivity contribution in [2.24, 2.45) is 0 Å². The zero-order valence-corrected chi connectivity index (χ0v) is 10.8. The summed E-state index contributed by atoms with van der Waals surface area (Å²) in [5, 5.41) is 16.9. The van der Waals surface area contributed by atoms with Gasteiger partial charge in [0, 0.05) is 11.0 Å². The molecule has 0 spiro atoms. The van der Waals surface area contributed by atoms with Crippen molar-refractivity contribution in [3.63, 3.8) is 0 Å². The number of H-pyrrole nitrogens is 1. The van der Waals surface area contributed by atoms with Crippen molar-refractivity contribution >= 4 is 6.09 Å². The smallest absolute Gasteiger partial charge is 0.408 e. The highest BCUT2D eigenvalue weighted by Crippen LogP contribution is 2.66. The van der Waals surface area contributed by atoms with E-state index in [1.54, 1.807) is 0 Å². The van der Waals surface area contributed by atoms with Crippen molar-refractivity contribution in [1.29, 1.82) is 0 Å². The summed E-state index contributed by atoms with van der Waals surface area (Å²) in [6.07, 6.45) is 2.31. The molecule has 0 atom stereocenters. The van der Waals surface area contributed by atoms with Crippen LogP contribution in [0.5, 0.6) is 0 Å². The molecule has 98 valence electrons. The Labute approximate surface area is 105 Å². The minimum atomic E-state index is -0.458. The lowest BCUT2D eigenvalue weighted by molar-refractivity contribution is -0.0934. The van der Waals surface area contributed by atoms with Gasteiger partial charge in [0.25, 0.3) is 0 Å². The first-order valence-electron chi connectivity index (χ1n) is 6.08. The fourth-order valence-corrected chi connectivity index (χ4v) is 3.08. The van der Waals surface area contributed by atoms with E-state index in [9.17, 15) is 4.79 Å². The number of aromatic nitrogens is 4. The zero-order chi connectivity index (χ0) is 13.0. The number of carbonyl (C=O) groups excluding carboxylic acids is 1. The highest BCUT2D eigenvalue weighted by Gasteiger charge is 2.71. The molecule has 1 heterocycles. The molecule has 1 aromatic heterocycles. The summed E-state index contributed by atoms with van der Waals surface area (Å²) in [5.74, 6) is 0.829. The number of amides is 1. The van der Waals surface area contributed by atoms with E-state index < -0.39 is 5.60 Å². The number of hydrogen-bond donors (Lipinski definition) is 2. The van der Waals surface area contributed by atoms with Crippen LogP contribution < -0.4 is 5.32 Å². The van der Waals surface area contributed by atoms with Crippen LogP contribution in [0.3, 0.4) is 0 Å². The molecule has 3 saturated carbocycles. The third-order valence-corrected chi connectivity index (χ3v) is 3.64. The highest BCUT2D eigenvalue weighted by atomic mass is 16.6. The molecule has 3 fully saturated rings. The normalized spacial score (nSPS) is 33.3. The number of nitrogens with zero attached hydrogens (tertiary/aromatic N) is 3. The molecule has 1 amide bonds. The summed E-state index contributed by atoms with van der Waals surface area (Å²) < 4.78 is 5.26. The van der Waals surface area contributed by atoms with Crippen molar-refractivity contribution in [3.8, 4) is 0 Å². The standard InChI is InChI=1S/C11H17N5O2/c1-9(2,3)18-8(17)12-11-4-10(5-11,6-11)7-13-15-16-14-7/h4-6H2,1-3H3,(H,12,17)(H,13,14,15,16). The quantitative estimate of drug-likeness (QED) is 0.814. The van der Waals surface area contributed by atoms with Crippen molar-refractivity contribution < 1.29 is 9.53 Å². The number of aromatic amines is 1. The third-order valence-electron chi connectivity index (χ3n) is 3.64. The number of hydrogen-bond acceptors (Lipinski definition) is 5. The van der Waals surface area contributed by atoms with E-state index in [1.807, 2.05) is 20.8 Å². The Balaban J connectivity index is 1.56. The van der Waals surface area contributed by atoms with Crippen LogP contribution in [0.2, 0.25) is 0 Å². The van der Waals surface area contributed by atoms with E-state index in [0.717, 1.165) is 25.1 Å². The topological polar surface area (TPSA) is 92.8 Å². The number of tetrazole rings is 1. The SMILES string of the molecule is CC(C)(C)OC(=O)NC12CC(c3nnn[nH]3)(C1)C2. The van der Waals surface area contributed by atoms with Crippen molar-refractivity contribution in [2.45, 2.75) is 56.6 Å². The van der Waals surface area contributed by atoms with Gasteiger partial charge in [-0.1, -0.05) is 0 Å². The Morgan fingerprint density at radius 3 is 2.56 bits per heavy atom. The summed E-state index contributed by atoms with van der Waals surface area (Å²) in [6.45, 7) is 5.57. The van der Waals surface area contributed by atoms with Gasteiger partial charge >= 0.3 is 6.09 Å². The second kappa shape index (κ2) is 3.21. The van der Waals surface area contributed by atoms with Crippen LogP contribution in [0.1, 0.15) is 45.9 Å². The zero-order valence-electron chi connectivity index (χ0n) is 10.8. The lowest BCUT2D eigenvalue weighted by atomic mass is 9.39. The first-order valence-corrected chi connectivity index (χ1v) is 6.08. The van der Waals surface area contributed by atoms with Crippen molar-refractivity contribution in [2.75, 3.05) is 0 Å². The molecule has 0 unspecified atom stereocenters. The average molecular weight is 251 g/mol. The van der Waals surface area contributed by atoms with Gasteiger partial charge in [0.2, 0.25) is 0 Å². The van der Waals surface area contributed by atoms with E-state index in [-0.39, 0.29) is 17.0 Å². The molecule has 0 aliphatic heterocycles. The molecule has 2 bridgehead atoms. The summed E-state index contributed by atoms with van der Waals surface area (Å²) in [6, 6.07) is 0. The van der Waals surface area contributed by atoms with Gasteiger partial charge in [-0.15, -0.1) is 5.10 Å². The number of rotatable bonds is 2. The van der Waals surface area contributed by atoms with Crippen molar-refractivity contribution in [3.05, 3.63) is 5.82 Å². The molecule has 1 aromatic rings. The number of alkyl carbamates (subject to hydrolysis) is 1. The molecule has 7 nitrogen and oxygen atoms in total. The van der Waals surface area contributed by atoms with Crippen LogP contribution in [-0.4, -0.2) is 37.9 Å². The largest absolute Gasteiger partial charge is 0.444 e. The second-order valence-corrected chi connectivity index (χ2v) is 6.47. The van der Waals surface area contributed by atoms with E-state index in [2.05, 4.69) is 25.9 Å². The molecule has 3 aliphatic carbocycles. The lowest BCUT2D eigenvalue weighted by Crippen LogP contribution is -2.77. The Hall–Kier alpha value is -1.66. The molecule has 0 aromatic carbocycles. The maximum Gasteiger partial charge on any atom is 0.408 e. The van der Waals surface area contributed by atoms with Gasteiger partial charge in [0.15, 0.2) is 5.82 Å². The van der Waals surface area contributed by atoms with Crippen molar-refractivity contribution in [1.82, 2.24) is 25.9 Å². The maximum absolute atomic E-state index is 11.7. The minimum Gasteiger partial charge on any atom is -0.444 e. The van der Waals surface area contributed by atoms with Gasteiger partial charge in [-0.3, -0.25) is 0 Å². The second-order valence-electron chi connectivity index (χ2n) is 6.47. The third kappa shape index (κ3) is 1.65. The predicted molar refractivity (Wildman–Crippen MR) is 61.8 cm³/mol. The van der Waals surface area contributed by atoms with E-state index in [1.165, 1.54) is 0 Å². The summed E-state index contributed by atoms with van der Waals surface area (Å²) in [7, 11) is 0. The molecular formula is C11H17N5O2. The molecule has 4 rings (SSSR count). The van der Waals surface area contributed by atoms with Crippen LogP contribution in [0.25, 0.3) is 0 Å². The van der Waals surface area contributed by atoms with Crippen LogP contribution in [-0.2, 0) is 10.2 Å². The minimum absolute atomic E-state index is 0.0541. The lowest BCUT2D eigenvalue weighted by Gasteiger charge is -2.68. The number of nitrogens with one attached hydrogen (secondary N) is 2. The number of carbonyl (C=O) groups is 1. The summed E-state index contributed by atoms with van der Waals surface area (Å²) >= 11 is 0. The van der Waals surface area contributed by atoms with Gasteiger partial charge in [-0.2, -0.15) is 0 Å².